The molecule has 1 N–H and O–H groups in total. The number of benzene rings is 1. The molecule has 1 saturated heterocycles. The second-order valence-corrected chi connectivity index (χ2v) is 7.45. The molecule has 1 aliphatic rings. The summed E-state index contributed by atoms with van der Waals surface area (Å²) in [7, 11) is 0. The van der Waals surface area contributed by atoms with Crippen molar-refractivity contribution in [1.29, 1.82) is 0 Å². The molecule has 1 atom stereocenters. The van der Waals surface area contributed by atoms with Crippen LogP contribution in [0.2, 0.25) is 0 Å². The number of fused-ring (bicyclic) bond motifs is 1. The zero-order chi connectivity index (χ0) is 17.9. The lowest BCUT2D eigenvalue weighted by Crippen LogP contribution is -2.30. The second kappa shape index (κ2) is 7.39. The third-order valence-electron chi connectivity index (χ3n) is 4.93. The van der Waals surface area contributed by atoms with Gasteiger partial charge >= 0.3 is 0 Å². The maximum absolute atomic E-state index is 11.3. The van der Waals surface area contributed by atoms with Crippen LogP contribution >= 0.6 is 11.3 Å². The fraction of sp³-hybridized carbons (Fsp3) is 0.316. The van der Waals surface area contributed by atoms with Gasteiger partial charge in [0.15, 0.2) is 0 Å². The molecule has 1 aliphatic heterocycles. The van der Waals surface area contributed by atoms with E-state index in [1.54, 1.807) is 35.9 Å². The Kier molecular flexibility index (Phi) is 4.81. The Morgan fingerprint density at radius 3 is 2.81 bits per heavy atom. The molecule has 0 amide bonds. The van der Waals surface area contributed by atoms with Gasteiger partial charge in [-0.25, -0.2) is 0 Å². The van der Waals surface area contributed by atoms with Gasteiger partial charge in [-0.05, 0) is 49.5 Å². The van der Waals surface area contributed by atoms with Gasteiger partial charge in [-0.3, -0.25) is 20.0 Å². The first kappa shape index (κ1) is 16.9. The molecule has 0 aliphatic carbocycles. The van der Waals surface area contributed by atoms with Crippen molar-refractivity contribution in [3.05, 3.63) is 63.1 Å². The van der Waals surface area contributed by atoms with Crippen molar-refractivity contribution in [2.45, 2.75) is 18.9 Å². The fourth-order valence-electron chi connectivity index (χ4n) is 3.64. The highest BCUT2D eigenvalue weighted by Gasteiger charge is 2.24. The van der Waals surface area contributed by atoms with E-state index in [0.717, 1.165) is 30.7 Å². The summed E-state index contributed by atoms with van der Waals surface area (Å²) in [5, 5.41) is 18.3. The highest BCUT2D eigenvalue weighted by atomic mass is 32.1. The Labute approximate surface area is 155 Å². The summed E-state index contributed by atoms with van der Waals surface area (Å²) >= 11 is 1.78. The number of hydrogen-bond acceptors (Lipinski definition) is 6. The number of non-ortho nitro benzene ring substituents is 1. The van der Waals surface area contributed by atoms with Gasteiger partial charge in [0.1, 0.15) is 0 Å². The van der Waals surface area contributed by atoms with Crippen LogP contribution < -0.4 is 5.32 Å². The molecule has 1 unspecified atom stereocenters. The number of aromatic nitrogens is 1. The SMILES string of the molecule is O=[N+]([O-])c1ccc(NCC(c2cccs2)N2CCCC2)c2ccncc12. The molecule has 0 radical (unpaired) electrons. The van der Waals surface area contributed by atoms with E-state index in [9.17, 15) is 10.1 Å². The molecular formula is C19H20N4O2S. The Hall–Kier alpha value is -2.51. The number of nitrogens with zero attached hydrogens (tertiary/aromatic N) is 3. The zero-order valence-electron chi connectivity index (χ0n) is 14.3. The van der Waals surface area contributed by atoms with E-state index < -0.39 is 0 Å². The average Bonchev–Trinajstić information content (AvgIpc) is 3.36. The van der Waals surface area contributed by atoms with Crippen LogP contribution in [0.3, 0.4) is 0 Å². The molecule has 0 spiro atoms. The fourth-order valence-corrected chi connectivity index (χ4v) is 4.50. The third kappa shape index (κ3) is 3.27. The predicted octanol–water partition coefficient (Wildman–Crippen LogP) is 4.45. The van der Waals surface area contributed by atoms with Crippen molar-refractivity contribution < 1.29 is 4.92 Å². The summed E-state index contributed by atoms with van der Waals surface area (Å²) in [6.07, 6.45) is 5.73. The van der Waals surface area contributed by atoms with Gasteiger partial charge in [-0.15, -0.1) is 11.3 Å². The predicted molar refractivity (Wildman–Crippen MR) is 105 cm³/mol. The molecule has 7 heteroatoms. The number of likely N-dealkylation sites (tertiary alicyclic amines) is 1. The largest absolute Gasteiger partial charge is 0.383 e. The molecule has 1 fully saturated rings. The van der Waals surface area contributed by atoms with Gasteiger partial charge in [0.05, 0.1) is 16.4 Å². The number of rotatable bonds is 6. The molecule has 26 heavy (non-hydrogen) atoms. The molecule has 0 saturated carbocycles. The first-order chi connectivity index (χ1) is 12.7. The first-order valence-electron chi connectivity index (χ1n) is 8.76. The zero-order valence-corrected chi connectivity index (χ0v) is 15.1. The van der Waals surface area contributed by atoms with Crippen LogP contribution in [0.4, 0.5) is 11.4 Å². The van der Waals surface area contributed by atoms with Crippen LogP contribution in [0, 0.1) is 10.1 Å². The molecule has 4 rings (SSSR count). The van der Waals surface area contributed by atoms with Gasteiger partial charge in [-0.1, -0.05) is 6.07 Å². The minimum atomic E-state index is -0.355. The summed E-state index contributed by atoms with van der Waals surface area (Å²) in [4.78, 5) is 18.9. The van der Waals surface area contributed by atoms with Crippen molar-refractivity contribution in [2.24, 2.45) is 0 Å². The van der Waals surface area contributed by atoms with Crippen molar-refractivity contribution in [1.82, 2.24) is 9.88 Å². The molecule has 1 aromatic carbocycles. The lowest BCUT2D eigenvalue weighted by atomic mass is 10.1. The number of nitro benzene ring substituents is 1. The molecule has 3 aromatic rings. The van der Waals surface area contributed by atoms with Crippen LogP contribution in [0.1, 0.15) is 23.8 Å². The lowest BCUT2D eigenvalue weighted by Gasteiger charge is -2.27. The van der Waals surface area contributed by atoms with E-state index in [-0.39, 0.29) is 10.6 Å². The van der Waals surface area contributed by atoms with Gasteiger partial charge in [-0.2, -0.15) is 0 Å². The van der Waals surface area contributed by atoms with Gasteiger partial charge in [0.2, 0.25) is 0 Å². The minimum absolute atomic E-state index is 0.0907. The second-order valence-electron chi connectivity index (χ2n) is 6.47. The summed E-state index contributed by atoms with van der Waals surface area (Å²) in [6.45, 7) is 3.01. The third-order valence-corrected chi connectivity index (χ3v) is 5.90. The molecule has 134 valence electrons. The number of pyridine rings is 1. The lowest BCUT2D eigenvalue weighted by molar-refractivity contribution is -0.383. The van der Waals surface area contributed by atoms with E-state index >= 15 is 0 Å². The number of hydrogen-bond donors (Lipinski definition) is 1. The Bertz CT molecular complexity index is 907. The molecule has 3 heterocycles. The highest BCUT2D eigenvalue weighted by Crippen LogP contribution is 2.33. The molecular weight excluding hydrogens is 348 g/mol. The Morgan fingerprint density at radius 1 is 1.23 bits per heavy atom. The topological polar surface area (TPSA) is 71.3 Å². The van der Waals surface area contributed by atoms with Crippen molar-refractivity contribution in [3.63, 3.8) is 0 Å². The monoisotopic (exact) mass is 368 g/mol. The number of nitro groups is 1. The normalized spacial score (nSPS) is 16.0. The average molecular weight is 368 g/mol. The summed E-state index contributed by atoms with van der Waals surface area (Å²) in [5.74, 6) is 0. The number of nitrogens with one attached hydrogen (secondary N) is 1. The van der Waals surface area contributed by atoms with Crippen LogP contribution in [-0.2, 0) is 0 Å². The molecule has 6 nitrogen and oxygen atoms in total. The van der Waals surface area contributed by atoms with E-state index in [1.165, 1.54) is 17.7 Å². The van der Waals surface area contributed by atoms with Crippen LogP contribution in [0.25, 0.3) is 10.8 Å². The minimum Gasteiger partial charge on any atom is -0.383 e. The summed E-state index contributed by atoms with van der Waals surface area (Å²) in [6, 6.07) is 9.80. The summed E-state index contributed by atoms with van der Waals surface area (Å²) in [5.41, 5.74) is 1.00. The summed E-state index contributed by atoms with van der Waals surface area (Å²) < 4.78 is 0. The molecule has 0 bridgehead atoms. The number of anilines is 1. The maximum Gasteiger partial charge on any atom is 0.278 e. The van der Waals surface area contributed by atoms with Gasteiger partial charge in [0, 0.05) is 41.0 Å². The van der Waals surface area contributed by atoms with Crippen molar-refractivity contribution >= 4 is 33.5 Å². The highest BCUT2D eigenvalue weighted by molar-refractivity contribution is 7.10. The molecule has 2 aromatic heterocycles. The van der Waals surface area contributed by atoms with Crippen LogP contribution in [-0.4, -0.2) is 34.4 Å². The van der Waals surface area contributed by atoms with Gasteiger partial charge in [0.25, 0.3) is 5.69 Å². The standard InChI is InChI=1S/C19H20N4O2S/c24-23(25)17-6-5-16(14-7-8-20-12-15(14)17)21-13-18(19-4-3-11-26-19)22-9-1-2-10-22/h3-8,11-12,18,21H,1-2,9-10,13H2. The van der Waals surface area contributed by atoms with E-state index in [0.29, 0.717) is 11.4 Å². The Morgan fingerprint density at radius 2 is 2.08 bits per heavy atom. The van der Waals surface area contributed by atoms with Crippen LogP contribution in [0.5, 0.6) is 0 Å². The first-order valence-corrected chi connectivity index (χ1v) is 9.64. The van der Waals surface area contributed by atoms with E-state index in [1.807, 2.05) is 6.07 Å². The quantitative estimate of drug-likeness (QED) is 0.514. The number of thiophene rings is 1. The Balaban J connectivity index is 1.62. The van der Waals surface area contributed by atoms with Crippen molar-refractivity contribution in [3.8, 4) is 0 Å². The van der Waals surface area contributed by atoms with Crippen molar-refractivity contribution in [2.75, 3.05) is 25.0 Å². The smallest absolute Gasteiger partial charge is 0.278 e. The van der Waals surface area contributed by atoms with Gasteiger partial charge < -0.3 is 5.32 Å². The van der Waals surface area contributed by atoms with E-state index in [4.69, 9.17) is 0 Å². The van der Waals surface area contributed by atoms with E-state index in [2.05, 4.69) is 32.7 Å². The van der Waals surface area contributed by atoms with Crippen LogP contribution in [0.15, 0.2) is 48.1 Å². The maximum atomic E-state index is 11.3.